The topological polar surface area (TPSA) is 26.3 Å². The number of carbonyl (C=O) groups excluding carboxylic acids is 1. The quantitative estimate of drug-likeness (QED) is 0.614. The average molecular weight is 171 g/mol. The van der Waals surface area contributed by atoms with Crippen molar-refractivity contribution in [3.8, 4) is 0 Å². The smallest absolute Gasteiger partial charge is 0.417 e. The molecule has 1 unspecified atom stereocenters. The molecule has 2 nitrogen and oxygen atoms in total. The molecule has 0 aliphatic heterocycles. The largest absolute Gasteiger partial charge is 0.454 e. The minimum Gasteiger partial charge on any atom is -0.454 e. The van der Waals surface area contributed by atoms with Crippen LogP contribution < -0.4 is 0 Å². The second kappa shape index (κ2) is 5.18. The summed E-state index contributed by atoms with van der Waals surface area (Å²) in [7, 11) is 0. The minimum atomic E-state index is -0.0402. The molecule has 0 amide bonds. The Morgan fingerprint density at radius 2 is 2.08 bits per heavy atom. The maximum atomic E-state index is 9.99. The third-order valence-corrected chi connectivity index (χ3v) is 2.50. The lowest BCUT2D eigenvalue weighted by atomic mass is 9.82. The van der Waals surface area contributed by atoms with Gasteiger partial charge in [-0.1, -0.05) is 33.6 Å². The van der Waals surface area contributed by atoms with Crippen molar-refractivity contribution in [1.29, 1.82) is 0 Å². The Balaban J connectivity index is 3.89. The van der Waals surface area contributed by atoms with Gasteiger partial charge in [-0.15, -0.1) is 0 Å². The molecular formula is C10H19O2. The Hall–Kier alpha value is -0.530. The molecule has 0 heterocycles. The molecular weight excluding hydrogens is 152 g/mol. The van der Waals surface area contributed by atoms with Crippen LogP contribution in [0.4, 0.5) is 0 Å². The summed E-state index contributed by atoms with van der Waals surface area (Å²) in [5, 5.41) is 0. The molecule has 12 heavy (non-hydrogen) atoms. The average Bonchev–Trinajstić information content (AvgIpc) is 2.01. The number of hydrogen-bond donors (Lipinski definition) is 0. The second-order valence-electron chi connectivity index (χ2n) is 3.94. The van der Waals surface area contributed by atoms with Gasteiger partial charge in [0.05, 0.1) is 0 Å². The lowest BCUT2D eigenvalue weighted by Crippen LogP contribution is -2.28. The SMILES string of the molecule is CCCCC(C)(C)C(C)O[C]=O. The van der Waals surface area contributed by atoms with Gasteiger partial charge < -0.3 is 4.74 Å². The minimum absolute atomic E-state index is 0.0402. The zero-order valence-corrected chi connectivity index (χ0v) is 8.52. The van der Waals surface area contributed by atoms with Gasteiger partial charge in [-0.05, 0) is 13.3 Å². The number of ether oxygens (including phenoxy) is 1. The normalized spacial score (nSPS) is 14.0. The summed E-state index contributed by atoms with van der Waals surface area (Å²) < 4.78 is 4.80. The fourth-order valence-corrected chi connectivity index (χ4v) is 1.07. The van der Waals surface area contributed by atoms with Crippen LogP contribution in [0.2, 0.25) is 0 Å². The van der Waals surface area contributed by atoms with Gasteiger partial charge in [-0.3, -0.25) is 0 Å². The van der Waals surface area contributed by atoms with Gasteiger partial charge in [0, 0.05) is 5.41 Å². The van der Waals surface area contributed by atoms with Crippen LogP contribution in [0.15, 0.2) is 0 Å². The molecule has 0 aliphatic rings. The van der Waals surface area contributed by atoms with Gasteiger partial charge in [-0.25, -0.2) is 4.79 Å². The van der Waals surface area contributed by atoms with E-state index in [4.69, 9.17) is 4.74 Å². The first kappa shape index (κ1) is 11.5. The Labute approximate surface area is 75.3 Å². The van der Waals surface area contributed by atoms with E-state index < -0.39 is 0 Å². The molecule has 0 rings (SSSR count). The van der Waals surface area contributed by atoms with E-state index in [0.717, 1.165) is 6.42 Å². The first-order chi connectivity index (χ1) is 5.54. The van der Waals surface area contributed by atoms with E-state index in [-0.39, 0.29) is 11.5 Å². The summed E-state index contributed by atoms with van der Waals surface area (Å²) in [6.45, 7) is 9.81. The first-order valence-corrected chi connectivity index (χ1v) is 4.57. The van der Waals surface area contributed by atoms with E-state index in [9.17, 15) is 4.79 Å². The molecule has 1 atom stereocenters. The molecule has 1 radical (unpaired) electrons. The van der Waals surface area contributed by atoms with E-state index >= 15 is 0 Å². The Bertz CT molecular complexity index is 130. The van der Waals surface area contributed by atoms with Crippen molar-refractivity contribution in [1.82, 2.24) is 0 Å². The van der Waals surface area contributed by atoms with Crippen LogP contribution in [-0.2, 0) is 9.53 Å². The summed E-state index contributed by atoms with van der Waals surface area (Å²) in [6.07, 6.45) is 3.41. The van der Waals surface area contributed by atoms with Crippen molar-refractivity contribution < 1.29 is 9.53 Å². The van der Waals surface area contributed by atoms with E-state index in [1.807, 2.05) is 6.92 Å². The van der Waals surface area contributed by atoms with Crippen LogP contribution in [-0.4, -0.2) is 12.6 Å². The van der Waals surface area contributed by atoms with Gasteiger partial charge in [0.25, 0.3) is 0 Å². The van der Waals surface area contributed by atoms with Crippen molar-refractivity contribution >= 4 is 6.47 Å². The highest BCUT2D eigenvalue weighted by Crippen LogP contribution is 2.28. The second-order valence-corrected chi connectivity index (χ2v) is 3.94. The molecule has 0 N–H and O–H groups in total. The number of rotatable bonds is 6. The summed E-state index contributed by atoms with van der Waals surface area (Å²) in [4.78, 5) is 9.99. The molecule has 0 bridgehead atoms. The van der Waals surface area contributed by atoms with E-state index in [0.29, 0.717) is 0 Å². The lowest BCUT2D eigenvalue weighted by molar-refractivity contribution is 0.0657. The third kappa shape index (κ3) is 3.74. The highest BCUT2D eigenvalue weighted by atomic mass is 16.5. The van der Waals surface area contributed by atoms with Crippen LogP contribution >= 0.6 is 0 Å². The van der Waals surface area contributed by atoms with Crippen molar-refractivity contribution in [2.24, 2.45) is 5.41 Å². The molecule has 71 valence electrons. The van der Waals surface area contributed by atoms with Gasteiger partial charge in [0.2, 0.25) is 0 Å². The molecule has 2 heteroatoms. The monoisotopic (exact) mass is 171 g/mol. The van der Waals surface area contributed by atoms with Crippen molar-refractivity contribution in [2.45, 2.75) is 53.1 Å². The van der Waals surface area contributed by atoms with Gasteiger partial charge in [0.15, 0.2) is 0 Å². The Kier molecular flexibility index (Phi) is 4.95. The molecule has 0 saturated heterocycles. The summed E-state index contributed by atoms with van der Waals surface area (Å²) in [5.74, 6) is 0. The molecule has 0 aromatic rings. The highest BCUT2D eigenvalue weighted by Gasteiger charge is 2.26. The molecule has 0 aromatic carbocycles. The first-order valence-electron chi connectivity index (χ1n) is 4.57. The van der Waals surface area contributed by atoms with Gasteiger partial charge in [-0.2, -0.15) is 0 Å². The van der Waals surface area contributed by atoms with E-state index in [2.05, 4.69) is 20.8 Å². The molecule has 0 saturated carbocycles. The van der Waals surface area contributed by atoms with E-state index in [1.165, 1.54) is 19.3 Å². The van der Waals surface area contributed by atoms with E-state index in [1.54, 1.807) is 0 Å². The molecule has 0 aliphatic carbocycles. The third-order valence-electron chi connectivity index (χ3n) is 2.50. The summed E-state index contributed by atoms with van der Waals surface area (Å²) >= 11 is 0. The van der Waals surface area contributed by atoms with Crippen molar-refractivity contribution in [3.05, 3.63) is 0 Å². The molecule has 0 fully saturated rings. The fourth-order valence-electron chi connectivity index (χ4n) is 1.07. The zero-order valence-electron chi connectivity index (χ0n) is 8.52. The Morgan fingerprint density at radius 3 is 2.50 bits per heavy atom. The van der Waals surface area contributed by atoms with Crippen LogP contribution in [0.5, 0.6) is 0 Å². The predicted molar refractivity (Wildman–Crippen MR) is 49.5 cm³/mol. The highest BCUT2D eigenvalue weighted by molar-refractivity contribution is 5.38. The van der Waals surface area contributed by atoms with Gasteiger partial charge in [0.1, 0.15) is 6.10 Å². The lowest BCUT2D eigenvalue weighted by Gasteiger charge is -2.29. The summed E-state index contributed by atoms with van der Waals surface area (Å²) in [6, 6.07) is 0. The van der Waals surface area contributed by atoms with Crippen molar-refractivity contribution in [2.75, 3.05) is 0 Å². The number of hydrogen-bond acceptors (Lipinski definition) is 2. The predicted octanol–water partition coefficient (Wildman–Crippen LogP) is 2.68. The van der Waals surface area contributed by atoms with Crippen LogP contribution in [0.1, 0.15) is 47.0 Å². The van der Waals surface area contributed by atoms with Crippen LogP contribution in [0.25, 0.3) is 0 Å². The fraction of sp³-hybridized carbons (Fsp3) is 0.900. The maximum absolute atomic E-state index is 9.99. The van der Waals surface area contributed by atoms with Crippen molar-refractivity contribution in [3.63, 3.8) is 0 Å². The van der Waals surface area contributed by atoms with Crippen LogP contribution in [0.3, 0.4) is 0 Å². The molecule has 0 aromatic heterocycles. The molecule has 0 spiro atoms. The maximum Gasteiger partial charge on any atom is 0.417 e. The summed E-state index contributed by atoms with van der Waals surface area (Å²) in [5.41, 5.74) is 0.0768. The standard InChI is InChI=1S/C10H19O2/c1-5-6-7-10(3,4)9(2)12-8-11/h9H,5-7H2,1-4H3. The van der Waals surface area contributed by atoms with Crippen LogP contribution in [0, 0.1) is 5.41 Å². The zero-order chi connectivity index (χ0) is 9.61. The van der Waals surface area contributed by atoms with Gasteiger partial charge >= 0.3 is 6.47 Å². The Morgan fingerprint density at radius 1 is 1.50 bits per heavy atom. The number of unbranched alkanes of at least 4 members (excludes halogenated alkanes) is 1.